The van der Waals surface area contributed by atoms with Crippen LogP contribution in [0.4, 0.5) is 0 Å². The maximum atomic E-state index is 5.93. The second kappa shape index (κ2) is 7.73. The molecule has 2 unspecified atom stereocenters. The molecule has 3 heteroatoms. The van der Waals surface area contributed by atoms with Gasteiger partial charge in [0.25, 0.3) is 0 Å². The van der Waals surface area contributed by atoms with Crippen molar-refractivity contribution in [1.29, 1.82) is 0 Å². The molecule has 2 fully saturated rings. The number of thioether (sulfide) groups is 1. The Hall–Kier alpha value is -1.71. The van der Waals surface area contributed by atoms with E-state index in [1.165, 1.54) is 66.6 Å². The summed E-state index contributed by atoms with van der Waals surface area (Å²) < 4.78 is 5.93. The van der Waals surface area contributed by atoms with Gasteiger partial charge in [-0.2, -0.15) is 0 Å². The van der Waals surface area contributed by atoms with E-state index in [1.54, 1.807) is 0 Å². The quantitative estimate of drug-likeness (QED) is 0.486. The number of rotatable bonds is 4. The zero-order valence-electron chi connectivity index (χ0n) is 15.8. The molecule has 140 valence electrons. The molecule has 2 aromatic carbocycles. The molecular weight excluding hydrogens is 350 g/mol. The lowest BCUT2D eigenvalue weighted by Crippen LogP contribution is -2.44. The third kappa shape index (κ3) is 3.68. The van der Waals surface area contributed by atoms with E-state index in [0.717, 1.165) is 17.4 Å². The van der Waals surface area contributed by atoms with Gasteiger partial charge in [-0.05, 0) is 68.5 Å². The van der Waals surface area contributed by atoms with Crippen LogP contribution in [0.15, 0.2) is 64.1 Å². The lowest BCUT2D eigenvalue weighted by atomic mass is 9.82. The van der Waals surface area contributed by atoms with Gasteiger partial charge in [0.05, 0.1) is 6.26 Å². The van der Waals surface area contributed by atoms with E-state index >= 15 is 0 Å². The van der Waals surface area contributed by atoms with Crippen molar-refractivity contribution in [1.82, 2.24) is 4.90 Å². The lowest BCUT2D eigenvalue weighted by Gasteiger charge is -2.42. The third-order valence-electron chi connectivity index (χ3n) is 6.33. The van der Waals surface area contributed by atoms with Gasteiger partial charge in [-0.3, -0.25) is 0 Å². The van der Waals surface area contributed by atoms with Gasteiger partial charge in [-0.1, -0.05) is 36.8 Å². The lowest BCUT2D eigenvalue weighted by molar-refractivity contribution is 0.0975. The van der Waals surface area contributed by atoms with Gasteiger partial charge in [-0.25, -0.2) is 0 Å². The summed E-state index contributed by atoms with van der Waals surface area (Å²) in [4.78, 5) is 4.06. The summed E-state index contributed by atoms with van der Waals surface area (Å²) in [5.74, 6) is 1.67. The molecule has 0 aliphatic carbocycles. The second-order valence-corrected chi connectivity index (χ2v) is 9.08. The van der Waals surface area contributed by atoms with Crippen LogP contribution in [-0.4, -0.2) is 24.0 Å². The first-order valence-corrected chi connectivity index (χ1v) is 11.3. The molecule has 2 aliphatic rings. The predicted molar refractivity (Wildman–Crippen MR) is 113 cm³/mol. The summed E-state index contributed by atoms with van der Waals surface area (Å²) in [6, 6.07) is 18.2. The van der Waals surface area contributed by atoms with Crippen LogP contribution in [0, 0.1) is 0 Å². The number of piperidine rings is 2. The van der Waals surface area contributed by atoms with Crippen LogP contribution in [0.25, 0.3) is 11.0 Å². The molecule has 27 heavy (non-hydrogen) atoms. The van der Waals surface area contributed by atoms with Gasteiger partial charge < -0.3 is 9.32 Å². The summed E-state index contributed by atoms with van der Waals surface area (Å²) in [6.45, 7) is 2.56. The van der Waals surface area contributed by atoms with E-state index in [-0.39, 0.29) is 0 Å². The summed E-state index contributed by atoms with van der Waals surface area (Å²) in [5, 5.41) is 1.34. The minimum atomic E-state index is 0.653. The smallest absolute Gasteiger partial charge is 0.134 e. The van der Waals surface area contributed by atoms with E-state index in [0.29, 0.717) is 5.92 Å². The highest BCUT2D eigenvalue weighted by Gasteiger charge is 2.32. The number of furan rings is 1. The van der Waals surface area contributed by atoms with Crippen molar-refractivity contribution < 1.29 is 4.42 Å². The van der Waals surface area contributed by atoms with Crippen molar-refractivity contribution >= 4 is 22.7 Å². The van der Waals surface area contributed by atoms with Gasteiger partial charge in [0.1, 0.15) is 5.58 Å². The van der Waals surface area contributed by atoms with E-state index in [9.17, 15) is 0 Å². The first-order chi connectivity index (χ1) is 13.4. The number of fused-ring (bicyclic) bond motifs is 2. The first kappa shape index (κ1) is 17.4. The SMILES string of the molecule is c1ccc(CSc2ccc3occ(C4CCN5CCCCC5C4)c3c2)cc1. The van der Waals surface area contributed by atoms with E-state index in [1.807, 2.05) is 18.0 Å². The zero-order valence-corrected chi connectivity index (χ0v) is 16.6. The molecule has 0 saturated carbocycles. The fraction of sp³-hybridized carbons (Fsp3) is 0.417. The Morgan fingerprint density at radius 1 is 1.00 bits per heavy atom. The normalized spacial score (nSPS) is 23.4. The largest absolute Gasteiger partial charge is 0.464 e. The fourth-order valence-electron chi connectivity index (χ4n) is 4.85. The fourth-order valence-corrected chi connectivity index (χ4v) is 5.74. The maximum absolute atomic E-state index is 5.93. The Morgan fingerprint density at radius 3 is 2.85 bits per heavy atom. The standard InChI is InChI=1S/C24H27NOS/c1-2-6-18(7-3-1)17-27-21-9-10-24-22(15-21)23(16-26-24)19-11-13-25-12-5-4-8-20(25)14-19/h1-3,6-7,9-10,15-16,19-20H,4-5,8,11-14,17H2. The van der Waals surface area contributed by atoms with Gasteiger partial charge in [-0.15, -0.1) is 11.8 Å². The van der Waals surface area contributed by atoms with E-state index in [4.69, 9.17) is 4.42 Å². The van der Waals surface area contributed by atoms with Crippen molar-refractivity contribution in [3.05, 3.63) is 65.9 Å². The molecule has 0 spiro atoms. The molecule has 0 radical (unpaired) electrons. The molecule has 5 rings (SSSR count). The molecule has 0 N–H and O–H groups in total. The van der Waals surface area contributed by atoms with Crippen LogP contribution in [0.3, 0.4) is 0 Å². The van der Waals surface area contributed by atoms with Gasteiger partial charge >= 0.3 is 0 Å². The molecule has 2 aliphatic heterocycles. The molecule has 1 aromatic heterocycles. The minimum Gasteiger partial charge on any atom is -0.464 e. The van der Waals surface area contributed by atoms with Crippen LogP contribution in [0.1, 0.15) is 49.1 Å². The topological polar surface area (TPSA) is 16.4 Å². The summed E-state index contributed by atoms with van der Waals surface area (Å²) in [7, 11) is 0. The Morgan fingerprint density at radius 2 is 1.93 bits per heavy atom. The molecule has 0 bridgehead atoms. The Kier molecular flexibility index (Phi) is 4.98. The highest BCUT2D eigenvalue weighted by atomic mass is 32.2. The van der Waals surface area contributed by atoms with Crippen molar-refractivity contribution in [2.45, 2.75) is 54.7 Å². The van der Waals surface area contributed by atoms with Gasteiger partial charge in [0.15, 0.2) is 0 Å². The van der Waals surface area contributed by atoms with Crippen LogP contribution in [0.2, 0.25) is 0 Å². The molecule has 0 amide bonds. The molecule has 2 atom stereocenters. The molecule has 2 nitrogen and oxygen atoms in total. The Balaban J connectivity index is 1.35. The monoisotopic (exact) mass is 377 g/mol. The number of hydrogen-bond acceptors (Lipinski definition) is 3. The molecule has 2 saturated heterocycles. The van der Waals surface area contributed by atoms with Gasteiger partial charge in [0.2, 0.25) is 0 Å². The Labute approximate surface area is 165 Å². The number of benzene rings is 2. The third-order valence-corrected chi connectivity index (χ3v) is 7.40. The van der Waals surface area contributed by atoms with Crippen LogP contribution in [0.5, 0.6) is 0 Å². The molecule has 3 heterocycles. The highest BCUT2D eigenvalue weighted by Crippen LogP contribution is 2.40. The minimum absolute atomic E-state index is 0.653. The summed E-state index contributed by atoms with van der Waals surface area (Å²) in [5.41, 5.74) is 3.86. The average Bonchev–Trinajstić information content (AvgIpc) is 3.16. The maximum Gasteiger partial charge on any atom is 0.134 e. The molecule has 3 aromatic rings. The zero-order chi connectivity index (χ0) is 18.1. The van der Waals surface area contributed by atoms with E-state index < -0.39 is 0 Å². The average molecular weight is 378 g/mol. The van der Waals surface area contributed by atoms with Crippen molar-refractivity contribution in [3.63, 3.8) is 0 Å². The highest BCUT2D eigenvalue weighted by molar-refractivity contribution is 7.98. The van der Waals surface area contributed by atoms with Crippen LogP contribution >= 0.6 is 11.8 Å². The van der Waals surface area contributed by atoms with Crippen molar-refractivity contribution in [2.75, 3.05) is 13.1 Å². The summed E-state index contributed by atoms with van der Waals surface area (Å²) in [6.07, 6.45) is 8.78. The van der Waals surface area contributed by atoms with Crippen molar-refractivity contribution in [2.24, 2.45) is 0 Å². The second-order valence-electron chi connectivity index (χ2n) is 8.03. The van der Waals surface area contributed by atoms with E-state index in [2.05, 4.69) is 53.4 Å². The molecular formula is C24H27NOS. The number of nitrogens with zero attached hydrogens (tertiary/aromatic N) is 1. The Bertz CT molecular complexity index is 903. The predicted octanol–water partition coefficient (Wildman–Crippen LogP) is 6.46. The number of hydrogen-bond donors (Lipinski definition) is 0. The van der Waals surface area contributed by atoms with Gasteiger partial charge in [0, 0.05) is 27.6 Å². The first-order valence-electron chi connectivity index (χ1n) is 10.3. The van der Waals surface area contributed by atoms with Crippen molar-refractivity contribution in [3.8, 4) is 0 Å². The summed E-state index contributed by atoms with van der Waals surface area (Å²) >= 11 is 1.92. The van der Waals surface area contributed by atoms with Crippen LogP contribution < -0.4 is 0 Å². The van der Waals surface area contributed by atoms with Crippen LogP contribution in [-0.2, 0) is 5.75 Å².